The molecule has 1 aliphatic rings. The van der Waals surface area contributed by atoms with Crippen molar-refractivity contribution in [2.24, 2.45) is 0 Å². The van der Waals surface area contributed by atoms with Crippen LogP contribution in [-0.2, 0) is 4.74 Å². The van der Waals surface area contributed by atoms with Crippen molar-refractivity contribution in [1.82, 2.24) is 15.1 Å². The molecule has 8 heteroatoms. The highest BCUT2D eigenvalue weighted by Gasteiger charge is 2.21. The quantitative estimate of drug-likeness (QED) is 0.795. The number of aromatic amines is 1. The van der Waals surface area contributed by atoms with Crippen LogP contribution in [0.2, 0.25) is 0 Å². The number of hydrogen-bond donors (Lipinski definition) is 2. The molecule has 1 aliphatic heterocycles. The molecule has 1 fully saturated rings. The molecule has 0 spiro atoms. The van der Waals surface area contributed by atoms with Gasteiger partial charge in [0.2, 0.25) is 0 Å². The number of anilines is 1. The third-order valence-corrected chi connectivity index (χ3v) is 4.99. The topological polar surface area (TPSA) is 87.3 Å². The fraction of sp³-hybridized carbons (Fsp3) is 0.389. The molecule has 2 heterocycles. The number of hydrogen-bond acceptors (Lipinski definition) is 4. The molecular formula is C18H21BrN4O3. The number of benzene rings is 1. The van der Waals surface area contributed by atoms with Crippen molar-refractivity contribution in [3.8, 4) is 0 Å². The van der Waals surface area contributed by atoms with Crippen molar-refractivity contribution in [3.05, 3.63) is 45.7 Å². The average Bonchev–Trinajstić information content (AvgIpc) is 3.04. The SMILES string of the molecule is CC(C)c1[nH]nc(C(=O)Nc2cccc(C(=O)N3CCOCC3)c2)c1Br. The van der Waals surface area contributed by atoms with Gasteiger partial charge in [0, 0.05) is 24.3 Å². The van der Waals surface area contributed by atoms with Gasteiger partial charge in [0.1, 0.15) is 0 Å². The molecular weight excluding hydrogens is 400 g/mol. The highest BCUT2D eigenvalue weighted by atomic mass is 79.9. The Morgan fingerprint density at radius 3 is 2.69 bits per heavy atom. The van der Waals surface area contributed by atoms with Crippen LogP contribution < -0.4 is 5.32 Å². The minimum absolute atomic E-state index is 0.0626. The molecule has 1 aromatic carbocycles. The molecule has 0 bridgehead atoms. The van der Waals surface area contributed by atoms with Gasteiger partial charge in [-0.05, 0) is 40.0 Å². The first-order valence-corrected chi connectivity index (χ1v) is 9.29. The summed E-state index contributed by atoms with van der Waals surface area (Å²) in [5.74, 6) is -0.184. The van der Waals surface area contributed by atoms with Gasteiger partial charge in [0.25, 0.3) is 11.8 Å². The van der Waals surface area contributed by atoms with E-state index in [0.29, 0.717) is 47.7 Å². The first-order chi connectivity index (χ1) is 12.5. The van der Waals surface area contributed by atoms with Crippen LogP contribution in [0, 0.1) is 0 Å². The van der Waals surface area contributed by atoms with Crippen LogP contribution in [0.3, 0.4) is 0 Å². The molecule has 7 nitrogen and oxygen atoms in total. The number of amides is 2. The van der Waals surface area contributed by atoms with E-state index in [1.54, 1.807) is 29.2 Å². The second-order valence-electron chi connectivity index (χ2n) is 6.39. The number of ether oxygens (including phenoxy) is 1. The maximum atomic E-state index is 12.6. The van der Waals surface area contributed by atoms with E-state index in [2.05, 4.69) is 31.4 Å². The molecule has 0 saturated carbocycles. The number of carbonyl (C=O) groups excluding carboxylic acids is 2. The molecule has 0 aliphatic carbocycles. The van der Waals surface area contributed by atoms with Gasteiger partial charge in [-0.25, -0.2) is 0 Å². The Morgan fingerprint density at radius 1 is 1.31 bits per heavy atom. The van der Waals surface area contributed by atoms with Crippen molar-refractivity contribution >= 4 is 33.4 Å². The second-order valence-corrected chi connectivity index (χ2v) is 7.19. The summed E-state index contributed by atoms with van der Waals surface area (Å²) in [7, 11) is 0. The molecule has 3 rings (SSSR count). The van der Waals surface area contributed by atoms with Crippen LogP contribution in [0.5, 0.6) is 0 Å². The summed E-state index contributed by atoms with van der Waals surface area (Å²) in [4.78, 5) is 26.8. The predicted molar refractivity (Wildman–Crippen MR) is 101 cm³/mol. The third kappa shape index (κ3) is 3.96. The molecule has 1 saturated heterocycles. The van der Waals surface area contributed by atoms with E-state index in [-0.39, 0.29) is 17.7 Å². The van der Waals surface area contributed by atoms with Crippen LogP contribution in [0.4, 0.5) is 5.69 Å². The smallest absolute Gasteiger partial charge is 0.277 e. The first kappa shape index (κ1) is 18.6. The lowest BCUT2D eigenvalue weighted by atomic mass is 10.1. The van der Waals surface area contributed by atoms with E-state index < -0.39 is 0 Å². The van der Waals surface area contributed by atoms with Gasteiger partial charge in [-0.15, -0.1) is 0 Å². The Hall–Kier alpha value is -2.19. The zero-order valence-electron chi connectivity index (χ0n) is 14.7. The van der Waals surface area contributed by atoms with Gasteiger partial charge >= 0.3 is 0 Å². The van der Waals surface area contributed by atoms with E-state index in [0.717, 1.165) is 5.69 Å². The van der Waals surface area contributed by atoms with E-state index in [4.69, 9.17) is 4.74 Å². The zero-order chi connectivity index (χ0) is 18.7. The summed E-state index contributed by atoms with van der Waals surface area (Å²) in [6.45, 7) is 6.28. The Morgan fingerprint density at radius 2 is 2.04 bits per heavy atom. The van der Waals surface area contributed by atoms with Crippen molar-refractivity contribution in [2.45, 2.75) is 19.8 Å². The van der Waals surface area contributed by atoms with Crippen molar-refractivity contribution in [3.63, 3.8) is 0 Å². The lowest BCUT2D eigenvalue weighted by molar-refractivity contribution is 0.0303. The van der Waals surface area contributed by atoms with E-state index in [1.165, 1.54) is 0 Å². The number of nitrogens with one attached hydrogen (secondary N) is 2. The normalized spacial score (nSPS) is 14.5. The minimum Gasteiger partial charge on any atom is -0.378 e. The summed E-state index contributed by atoms with van der Waals surface area (Å²) < 4.78 is 5.93. The highest BCUT2D eigenvalue weighted by Crippen LogP contribution is 2.26. The molecule has 2 amide bonds. The number of nitrogens with zero attached hydrogens (tertiary/aromatic N) is 2. The number of aromatic nitrogens is 2. The maximum absolute atomic E-state index is 12.6. The Kier molecular flexibility index (Phi) is 5.73. The second kappa shape index (κ2) is 8.01. The highest BCUT2D eigenvalue weighted by molar-refractivity contribution is 9.10. The average molecular weight is 421 g/mol. The van der Waals surface area contributed by atoms with Gasteiger partial charge in [-0.1, -0.05) is 19.9 Å². The van der Waals surface area contributed by atoms with Crippen LogP contribution in [0.1, 0.15) is 46.3 Å². The lowest BCUT2D eigenvalue weighted by Gasteiger charge is -2.27. The molecule has 2 N–H and O–H groups in total. The molecule has 0 unspecified atom stereocenters. The largest absolute Gasteiger partial charge is 0.378 e. The third-order valence-electron chi connectivity index (χ3n) is 4.19. The van der Waals surface area contributed by atoms with Crippen molar-refractivity contribution < 1.29 is 14.3 Å². The first-order valence-electron chi connectivity index (χ1n) is 8.49. The number of halogens is 1. The minimum atomic E-state index is -0.337. The number of morpholine rings is 1. The summed E-state index contributed by atoms with van der Waals surface area (Å²) in [5, 5.41) is 9.78. The number of rotatable bonds is 4. The van der Waals surface area contributed by atoms with E-state index in [9.17, 15) is 9.59 Å². The standard InChI is InChI=1S/C18H21BrN4O3/c1-11(2)15-14(19)16(22-21-15)17(24)20-13-5-3-4-12(10-13)18(25)23-6-8-26-9-7-23/h3-5,10-11H,6-9H2,1-2H3,(H,20,24)(H,21,22). The van der Waals surface area contributed by atoms with E-state index in [1.807, 2.05) is 13.8 Å². The molecule has 1 aromatic heterocycles. The molecule has 2 aromatic rings. The Balaban J connectivity index is 1.74. The lowest BCUT2D eigenvalue weighted by Crippen LogP contribution is -2.40. The van der Waals surface area contributed by atoms with Gasteiger partial charge < -0.3 is 15.0 Å². The zero-order valence-corrected chi connectivity index (χ0v) is 16.3. The van der Waals surface area contributed by atoms with Gasteiger partial charge in [0.15, 0.2) is 5.69 Å². The summed E-state index contributed by atoms with van der Waals surface area (Å²) in [6.07, 6.45) is 0. The Bertz CT molecular complexity index is 813. The maximum Gasteiger partial charge on any atom is 0.277 e. The van der Waals surface area contributed by atoms with Gasteiger partial charge in [-0.2, -0.15) is 5.10 Å². The van der Waals surface area contributed by atoms with E-state index >= 15 is 0 Å². The van der Waals surface area contributed by atoms with Crippen molar-refractivity contribution in [2.75, 3.05) is 31.6 Å². The van der Waals surface area contributed by atoms with Crippen molar-refractivity contribution in [1.29, 1.82) is 0 Å². The molecule has 138 valence electrons. The number of carbonyl (C=O) groups is 2. The van der Waals surface area contributed by atoms with Crippen LogP contribution >= 0.6 is 15.9 Å². The fourth-order valence-corrected chi connectivity index (χ4v) is 3.56. The van der Waals surface area contributed by atoms with Crippen LogP contribution in [0.15, 0.2) is 28.7 Å². The Labute approximate surface area is 160 Å². The summed E-state index contributed by atoms with van der Waals surface area (Å²) in [5.41, 5.74) is 2.24. The van der Waals surface area contributed by atoms with Crippen LogP contribution in [0.25, 0.3) is 0 Å². The monoisotopic (exact) mass is 420 g/mol. The summed E-state index contributed by atoms with van der Waals surface area (Å²) in [6, 6.07) is 6.93. The molecule has 26 heavy (non-hydrogen) atoms. The molecule has 0 atom stereocenters. The fourth-order valence-electron chi connectivity index (χ4n) is 2.74. The van der Waals surface area contributed by atoms with Crippen LogP contribution in [-0.4, -0.2) is 53.2 Å². The van der Waals surface area contributed by atoms with Gasteiger partial charge in [0.05, 0.1) is 23.4 Å². The summed E-state index contributed by atoms with van der Waals surface area (Å²) >= 11 is 3.43. The predicted octanol–water partition coefficient (Wildman–Crippen LogP) is 3.02. The molecule has 0 radical (unpaired) electrons. The van der Waals surface area contributed by atoms with Gasteiger partial charge in [-0.3, -0.25) is 14.7 Å². The number of H-pyrrole nitrogens is 1.